The van der Waals surface area contributed by atoms with E-state index in [2.05, 4.69) is 5.32 Å². The molecule has 6 heteroatoms. The van der Waals surface area contributed by atoms with Gasteiger partial charge in [-0.3, -0.25) is 4.79 Å². The van der Waals surface area contributed by atoms with E-state index in [4.69, 9.17) is 10.8 Å². The lowest BCUT2D eigenvalue weighted by Gasteiger charge is -2.16. The normalized spacial score (nSPS) is 16.1. The van der Waals surface area contributed by atoms with Gasteiger partial charge in [0.15, 0.2) is 0 Å². The molecule has 1 aliphatic rings. The van der Waals surface area contributed by atoms with Crippen molar-refractivity contribution in [3.63, 3.8) is 0 Å². The largest absolute Gasteiger partial charge is 0.480 e. The topological polar surface area (TPSA) is 92.4 Å². The van der Waals surface area contributed by atoms with Crippen LogP contribution in [0.15, 0.2) is 18.2 Å². The van der Waals surface area contributed by atoms with Crippen molar-refractivity contribution in [2.24, 2.45) is 11.7 Å². The number of anilines is 1. The summed E-state index contributed by atoms with van der Waals surface area (Å²) in [4.78, 5) is 22.3. The van der Waals surface area contributed by atoms with Gasteiger partial charge in [0.25, 0.3) is 5.91 Å². The highest BCUT2D eigenvalue weighted by molar-refractivity contribution is 5.99. The Balaban J connectivity index is 2.27. The summed E-state index contributed by atoms with van der Waals surface area (Å²) in [5.41, 5.74) is 5.35. The predicted molar refractivity (Wildman–Crippen MR) is 62.7 cm³/mol. The molecule has 1 aliphatic carbocycles. The molecule has 0 radical (unpaired) electrons. The molecule has 18 heavy (non-hydrogen) atoms. The highest BCUT2D eigenvalue weighted by atomic mass is 19.1. The summed E-state index contributed by atoms with van der Waals surface area (Å²) < 4.78 is 13.0. The number of halogens is 1. The van der Waals surface area contributed by atoms with Crippen molar-refractivity contribution in [1.82, 2.24) is 0 Å². The fourth-order valence-electron chi connectivity index (χ4n) is 1.82. The Kier molecular flexibility index (Phi) is 3.18. The van der Waals surface area contributed by atoms with Gasteiger partial charge in [0, 0.05) is 5.69 Å². The maximum atomic E-state index is 13.0. The monoisotopic (exact) mass is 252 g/mol. The van der Waals surface area contributed by atoms with Crippen molar-refractivity contribution >= 4 is 17.6 Å². The molecule has 0 saturated heterocycles. The van der Waals surface area contributed by atoms with Crippen molar-refractivity contribution in [2.75, 3.05) is 5.32 Å². The molecule has 0 spiro atoms. The quantitative estimate of drug-likeness (QED) is 0.734. The van der Waals surface area contributed by atoms with E-state index in [9.17, 15) is 14.0 Å². The average Bonchev–Trinajstić information content (AvgIpc) is 3.10. The highest BCUT2D eigenvalue weighted by Crippen LogP contribution is 2.35. The summed E-state index contributed by atoms with van der Waals surface area (Å²) in [6.45, 7) is 0. The van der Waals surface area contributed by atoms with E-state index in [1.807, 2.05) is 0 Å². The van der Waals surface area contributed by atoms with Gasteiger partial charge in [0.05, 0.1) is 5.56 Å². The Bertz CT molecular complexity index is 500. The Morgan fingerprint density at radius 3 is 2.61 bits per heavy atom. The van der Waals surface area contributed by atoms with Crippen molar-refractivity contribution in [2.45, 2.75) is 18.9 Å². The first-order valence-electron chi connectivity index (χ1n) is 5.57. The summed E-state index contributed by atoms with van der Waals surface area (Å²) in [6, 6.07) is 2.71. The van der Waals surface area contributed by atoms with E-state index in [0.29, 0.717) is 0 Å². The van der Waals surface area contributed by atoms with E-state index in [-0.39, 0.29) is 17.2 Å². The third kappa shape index (κ3) is 2.58. The molecule has 4 N–H and O–H groups in total. The minimum Gasteiger partial charge on any atom is -0.480 e. The number of carbonyl (C=O) groups is 2. The second-order valence-corrected chi connectivity index (χ2v) is 4.35. The van der Waals surface area contributed by atoms with E-state index < -0.39 is 23.7 Å². The molecule has 1 aromatic carbocycles. The number of aliphatic carboxylic acids is 1. The number of nitrogens with two attached hydrogens (primary N) is 1. The third-order valence-corrected chi connectivity index (χ3v) is 2.92. The number of primary amides is 1. The number of nitrogens with one attached hydrogen (secondary N) is 1. The van der Waals surface area contributed by atoms with Gasteiger partial charge in [-0.15, -0.1) is 0 Å². The van der Waals surface area contributed by atoms with Crippen molar-refractivity contribution in [3.8, 4) is 0 Å². The Morgan fingerprint density at radius 2 is 2.11 bits per heavy atom. The molecule has 0 aromatic heterocycles. The molecule has 1 atom stereocenters. The molecule has 0 aliphatic heterocycles. The summed E-state index contributed by atoms with van der Waals surface area (Å²) >= 11 is 0. The predicted octanol–water partition coefficient (Wildman–Crippen LogP) is 1.20. The molecule has 1 saturated carbocycles. The lowest BCUT2D eigenvalue weighted by atomic mass is 10.1. The van der Waals surface area contributed by atoms with Crippen molar-refractivity contribution < 1.29 is 19.1 Å². The van der Waals surface area contributed by atoms with Gasteiger partial charge in [-0.25, -0.2) is 9.18 Å². The van der Waals surface area contributed by atoms with Crippen LogP contribution in [0.5, 0.6) is 0 Å². The standard InChI is InChI=1S/C12H13FN2O3/c13-7-3-4-9(8(5-7)11(14)16)15-10(12(17)18)6-1-2-6/h3-6,10,15H,1-2H2,(H2,14,16)(H,17,18). The smallest absolute Gasteiger partial charge is 0.326 e. The maximum absolute atomic E-state index is 13.0. The summed E-state index contributed by atoms with van der Waals surface area (Å²) in [6.07, 6.45) is 1.66. The number of rotatable bonds is 5. The first-order chi connectivity index (χ1) is 8.49. The molecular formula is C12H13FN2O3. The molecule has 1 amide bonds. The summed E-state index contributed by atoms with van der Waals surface area (Å²) in [5, 5.41) is 11.8. The van der Waals surface area contributed by atoms with Gasteiger partial charge in [0.2, 0.25) is 0 Å². The maximum Gasteiger partial charge on any atom is 0.326 e. The minimum atomic E-state index is -0.989. The number of carboxylic acid groups (broad SMARTS) is 1. The Hall–Kier alpha value is -2.11. The van der Waals surface area contributed by atoms with E-state index in [1.165, 1.54) is 6.07 Å². The van der Waals surface area contributed by atoms with Crippen LogP contribution < -0.4 is 11.1 Å². The van der Waals surface area contributed by atoms with E-state index >= 15 is 0 Å². The molecule has 2 rings (SSSR count). The minimum absolute atomic E-state index is 0.0399. The van der Waals surface area contributed by atoms with Crippen LogP contribution in [0.25, 0.3) is 0 Å². The number of carbonyl (C=O) groups excluding carboxylic acids is 1. The molecule has 0 bridgehead atoms. The molecule has 1 unspecified atom stereocenters. The number of amides is 1. The fourth-order valence-corrected chi connectivity index (χ4v) is 1.82. The molecule has 0 heterocycles. The van der Waals surface area contributed by atoms with E-state index in [0.717, 1.165) is 25.0 Å². The Labute approximate surface area is 103 Å². The van der Waals surface area contributed by atoms with Crippen LogP contribution in [0.4, 0.5) is 10.1 Å². The zero-order valence-corrected chi connectivity index (χ0v) is 9.52. The van der Waals surface area contributed by atoms with Crippen LogP contribution in [-0.2, 0) is 4.79 Å². The summed E-state index contributed by atoms with van der Waals surface area (Å²) in [7, 11) is 0. The number of carboxylic acids is 1. The van der Waals surface area contributed by atoms with Gasteiger partial charge in [-0.1, -0.05) is 0 Å². The van der Waals surface area contributed by atoms with Gasteiger partial charge in [0.1, 0.15) is 11.9 Å². The highest BCUT2D eigenvalue weighted by Gasteiger charge is 2.36. The molecule has 5 nitrogen and oxygen atoms in total. The zero-order valence-electron chi connectivity index (χ0n) is 9.52. The van der Waals surface area contributed by atoms with Crippen LogP contribution in [0.3, 0.4) is 0 Å². The van der Waals surface area contributed by atoms with Crippen molar-refractivity contribution in [1.29, 1.82) is 0 Å². The first kappa shape index (κ1) is 12.3. The summed E-state index contributed by atoms with van der Waals surface area (Å²) in [5.74, 6) is -2.32. The van der Waals surface area contributed by atoms with E-state index in [1.54, 1.807) is 0 Å². The molecular weight excluding hydrogens is 239 g/mol. The van der Waals surface area contributed by atoms with Gasteiger partial charge < -0.3 is 16.2 Å². The van der Waals surface area contributed by atoms with Gasteiger partial charge in [-0.05, 0) is 37.0 Å². The Morgan fingerprint density at radius 1 is 1.44 bits per heavy atom. The van der Waals surface area contributed by atoms with Gasteiger partial charge in [-0.2, -0.15) is 0 Å². The zero-order chi connectivity index (χ0) is 13.3. The van der Waals surface area contributed by atoms with Crippen LogP contribution in [0.1, 0.15) is 23.2 Å². The van der Waals surface area contributed by atoms with Crippen LogP contribution in [0.2, 0.25) is 0 Å². The second-order valence-electron chi connectivity index (χ2n) is 4.35. The first-order valence-corrected chi connectivity index (χ1v) is 5.57. The number of hydrogen-bond donors (Lipinski definition) is 3. The number of hydrogen-bond acceptors (Lipinski definition) is 3. The third-order valence-electron chi connectivity index (χ3n) is 2.92. The lowest BCUT2D eigenvalue weighted by Crippen LogP contribution is -2.32. The average molecular weight is 252 g/mol. The molecule has 1 aromatic rings. The lowest BCUT2D eigenvalue weighted by molar-refractivity contribution is -0.138. The molecule has 96 valence electrons. The van der Waals surface area contributed by atoms with Crippen LogP contribution >= 0.6 is 0 Å². The second kappa shape index (κ2) is 4.64. The molecule has 1 fully saturated rings. The van der Waals surface area contributed by atoms with Gasteiger partial charge >= 0.3 is 5.97 Å². The van der Waals surface area contributed by atoms with Crippen LogP contribution in [0, 0.1) is 11.7 Å². The van der Waals surface area contributed by atoms with Crippen molar-refractivity contribution in [3.05, 3.63) is 29.6 Å². The fraction of sp³-hybridized carbons (Fsp3) is 0.333. The van der Waals surface area contributed by atoms with Crippen LogP contribution in [-0.4, -0.2) is 23.0 Å². The number of benzene rings is 1. The SMILES string of the molecule is NC(=O)c1cc(F)ccc1NC(C(=O)O)C1CC1.